The van der Waals surface area contributed by atoms with Crippen LogP contribution < -0.4 is 10.5 Å². The molecule has 0 heterocycles. The number of methoxy groups -OCH3 is 1. The molecule has 0 amide bonds. The molecule has 0 aliphatic carbocycles. The Kier molecular flexibility index (Phi) is 4.97. The molecule has 0 fully saturated rings. The number of rotatable bonds is 5. The molecule has 0 aromatic heterocycles. The van der Waals surface area contributed by atoms with Crippen molar-refractivity contribution in [1.82, 2.24) is 0 Å². The molecule has 0 aliphatic rings. The molecular formula is C14H23NO2. The summed E-state index contributed by atoms with van der Waals surface area (Å²) in [5, 5.41) is 9.80. The molecule has 3 atom stereocenters. The maximum Gasteiger partial charge on any atom is 0.119 e. The predicted octanol–water partition coefficient (Wildman–Crippen LogP) is 2.21. The van der Waals surface area contributed by atoms with Crippen molar-refractivity contribution in [3.63, 3.8) is 0 Å². The van der Waals surface area contributed by atoms with Crippen LogP contribution in [0.15, 0.2) is 18.2 Å². The molecule has 3 N–H and O–H groups in total. The number of hydrogen-bond donors (Lipinski definition) is 2. The van der Waals surface area contributed by atoms with Crippen molar-refractivity contribution in [3.05, 3.63) is 29.3 Å². The molecule has 96 valence electrons. The number of ether oxygens (including phenoxy) is 1. The van der Waals surface area contributed by atoms with Crippen LogP contribution in [0.25, 0.3) is 0 Å². The second-order valence-corrected chi connectivity index (χ2v) is 4.79. The minimum atomic E-state index is -0.452. The van der Waals surface area contributed by atoms with E-state index in [0.29, 0.717) is 12.3 Å². The van der Waals surface area contributed by atoms with Crippen LogP contribution >= 0.6 is 0 Å². The van der Waals surface area contributed by atoms with Gasteiger partial charge in [0.2, 0.25) is 0 Å². The summed E-state index contributed by atoms with van der Waals surface area (Å²) in [7, 11) is 1.66. The van der Waals surface area contributed by atoms with E-state index in [0.717, 1.165) is 5.75 Å². The minimum Gasteiger partial charge on any atom is -0.497 e. The Labute approximate surface area is 104 Å². The summed E-state index contributed by atoms with van der Waals surface area (Å²) < 4.78 is 5.18. The average molecular weight is 237 g/mol. The van der Waals surface area contributed by atoms with Gasteiger partial charge in [0.15, 0.2) is 0 Å². The van der Waals surface area contributed by atoms with Crippen LogP contribution in [0.1, 0.15) is 37.3 Å². The van der Waals surface area contributed by atoms with Crippen molar-refractivity contribution in [2.24, 2.45) is 5.73 Å². The first-order valence-corrected chi connectivity index (χ1v) is 6.04. The lowest BCUT2D eigenvalue weighted by Gasteiger charge is -2.21. The van der Waals surface area contributed by atoms with Crippen molar-refractivity contribution in [1.29, 1.82) is 0 Å². The Morgan fingerprint density at radius 2 is 2.00 bits per heavy atom. The van der Waals surface area contributed by atoms with E-state index in [1.165, 1.54) is 11.1 Å². The molecule has 0 radical (unpaired) electrons. The van der Waals surface area contributed by atoms with E-state index in [1.807, 2.05) is 19.1 Å². The smallest absolute Gasteiger partial charge is 0.119 e. The normalized spacial score (nSPS) is 16.4. The number of aliphatic hydroxyl groups excluding tert-OH is 1. The van der Waals surface area contributed by atoms with E-state index >= 15 is 0 Å². The SMILES string of the molecule is COc1ccc(C(C)CC(O)C(C)N)c(C)c1. The molecule has 1 aromatic carbocycles. The standard InChI is InChI=1S/C14H23NO2/c1-9-7-12(17-4)5-6-13(9)10(2)8-14(16)11(3)15/h5-7,10-11,14,16H,8,15H2,1-4H3. The lowest BCUT2D eigenvalue weighted by molar-refractivity contribution is 0.134. The summed E-state index contributed by atoms with van der Waals surface area (Å²) in [5.41, 5.74) is 8.11. The summed E-state index contributed by atoms with van der Waals surface area (Å²) >= 11 is 0. The summed E-state index contributed by atoms with van der Waals surface area (Å²) in [6.07, 6.45) is 0.233. The molecule has 0 saturated heterocycles. The Bertz CT molecular complexity index is 363. The molecular weight excluding hydrogens is 214 g/mol. The molecule has 3 nitrogen and oxygen atoms in total. The van der Waals surface area contributed by atoms with Gasteiger partial charge in [0, 0.05) is 6.04 Å². The van der Waals surface area contributed by atoms with Crippen molar-refractivity contribution >= 4 is 0 Å². The Morgan fingerprint density at radius 1 is 1.35 bits per heavy atom. The summed E-state index contributed by atoms with van der Waals surface area (Å²) in [5.74, 6) is 1.16. The van der Waals surface area contributed by atoms with E-state index in [9.17, 15) is 5.11 Å². The zero-order valence-corrected chi connectivity index (χ0v) is 11.1. The third-order valence-electron chi connectivity index (χ3n) is 3.21. The second-order valence-electron chi connectivity index (χ2n) is 4.79. The quantitative estimate of drug-likeness (QED) is 0.825. The Morgan fingerprint density at radius 3 is 2.47 bits per heavy atom. The molecule has 0 saturated carbocycles. The molecule has 0 aliphatic heterocycles. The highest BCUT2D eigenvalue weighted by atomic mass is 16.5. The van der Waals surface area contributed by atoms with Crippen molar-refractivity contribution < 1.29 is 9.84 Å². The first kappa shape index (κ1) is 14.0. The predicted molar refractivity (Wildman–Crippen MR) is 70.4 cm³/mol. The number of aryl methyl sites for hydroxylation is 1. The fourth-order valence-electron chi connectivity index (χ4n) is 2.03. The number of benzene rings is 1. The van der Waals surface area contributed by atoms with Gasteiger partial charge in [-0.3, -0.25) is 0 Å². The van der Waals surface area contributed by atoms with Gasteiger partial charge in [-0.25, -0.2) is 0 Å². The summed E-state index contributed by atoms with van der Waals surface area (Å²) in [4.78, 5) is 0. The van der Waals surface area contributed by atoms with Crippen LogP contribution in [0, 0.1) is 6.92 Å². The Balaban J connectivity index is 2.78. The number of hydrogen-bond acceptors (Lipinski definition) is 3. The van der Waals surface area contributed by atoms with Crippen LogP contribution in [-0.2, 0) is 0 Å². The second kappa shape index (κ2) is 6.03. The highest BCUT2D eigenvalue weighted by molar-refractivity contribution is 5.36. The van der Waals surface area contributed by atoms with Gasteiger partial charge in [-0.05, 0) is 49.4 Å². The van der Waals surface area contributed by atoms with Gasteiger partial charge in [0.05, 0.1) is 13.2 Å². The van der Waals surface area contributed by atoms with Crippen LogP contribution in [0.2, 0.25) is 0 Å². The zero-order chi connectivity index (χ0) is 13.0. The van der Waals surface area contributed by atoms with Crippen molar-refractivity contribution in [3.8, 4) is 5.75 Å². The molecule has 3 unspecified atom stereocenters. The lowest BCUT2D eigenvalue weighted by atomic mass is 9.90. The van der Waals surface area contributed by atoms with Gasteiger partial charge in [-0.2, -0.15) is 0 Å². The minimum absolute atomic E-state index is 0.184. The first-order valence-electron chi connectivity index (χ1n) is 6.04. The third kappa shape index (κ3) is 3.72. The largest absolute Gasteiger partial charge is 0.497 e. The van der Waals surface area contributed by atoms with Gasteiger partial charge >= 0.3 is 0 Å². The van der Waals surface area contributed by atoms with E-state index in [1.54, 1.807) is 7.11 Å². The summed E-state index contributed by atoms with van der Waals surface area (Å²) in [6, 6.07) is 5.85. The first-order chi connectivity index (χ1) is 7.95. The van der Waals surface area contributed by atoms with E-state index in [-0.39, 0.29) is 6.04 Å². The third-order valence-corrected chi connectivity index (χ3v) is 3.21. The van der Waals surface area contributed by atoms with Crippen molar-refractivity contribution in [2.45, 2.75) is 45.3 Å². The van der Waals surface area contributed by atoms with Crippen molar-refractivity contribution in [2.75, 3.05) is 7.11 Å². The Hall–Kier alpha value is -1.06. The van der Waals surface area contributed by atoms with Gasteiger partial charge in [0.25, 0.3) is 0 Å². The fourth-order valence-corrected chi connectivity index (χ4v) is 2.03. The van der Waals surface area contributed by atoms with Crippen LogP contribution in [0.3, 0.4) is 0 Å². The summed E-state index contributed by atoms with van der Waals surface area (Å²) in [6.45, 7) is 6.01. The highest BCUT2D eigenvalue weighted by Gasteiger charge is 2.16. The fraction of sp³-hybridized carbons (Fsp3) is 0.571. The number of nitrogens with two attached hydrogens (primary N) is 1. The molecule has 1 rings (SSSR count). The average Bonchev–Trinajstić information content (AvgIpc) is 2.28. The van der Waals surface area contributed by atoms with Gasteiger partial charge in [-0.1, -0.05) is 13.0 Å². The van der Waals surface area contributed by atoms with E-state index in [2.05, 4.69) is 19.9 Å². The maximum absolute atomic E-state index is 9.80. The molecule has 3 heteroatoms. The maximum atomic E-state index is 9.80. The number of aliphatic hydroxyl groups is 1. The zero-order valence-electron chi connectivity index (χ0n) is 11.1. The molecule has 0 spiro atoms. The monoisotopic (exact) mass is 237 g/mol. The van der Waals surface area contributed by atoms with Crippen LogP contribution in [0.5, 0.6) is 5.75 Å². The highest BCUT2D eigenvalue weighted by Crippen LogP contribution is 2.27. The van der Waals surface area contributed by atoms with Crippen LogP contribution in [-0.4, -0.2) is 24.4 Å². The van der Waals surface area contributed by atoms with Crippen LogP contribution in [0.4, 0.5) is 0 Å². The van der Waals surface area contributed by atoms with Gasteiger partial charge in [-0.15, -0.1) is 0 Å². The van der Waals surface area contributed by atoms with E-state index < -0.39 is 6.10 Å². The van der Waals surface area contributed by atoms with Gasteiger partial charge in [0.1, 0.15) is 5.75 Å². The topological polar surface area (TPSA) is 55.5 Å². The molecule has 0 bridgehead atoms. The van der Waals surface area contributed by atoms with E-state index in [4.69, 9.17) is 10.5 Å². The molecule has 17 heavy (non-hydrogen) atoms. The van der Waals surface area contributed by atoms with Gasteiger partial charge < -0.3 is 15.6 Å². The lowest BCUT2D eigenvalue weighted by Crippen LogP contribution is -2.32. The molecule has 1 aromatic rings.